The highest BCUT2D eigenvalue weighted by molar-refractivity contribution is 5.59. The van der Waals surface area contributed by atoms with Crippen molar-refractivity contribution in [2.45, 2.75) is 37.6 Å². The Morgan fingerprint density at radius 2 is 1.70 bits per heavy atom. The van der Waals surface area contributed by atoms with Crippen LogP contribution in [0.25, 0.3) is 0 Å². The van der Waals surface area contributed by atoms with Crippen LogP contribution in [-0.4, -0.2) is 16.0 Å². The lowest BCUT2D eigenvalue weighted by Crippen LogP contribution is -2.09. The van der Waals surface area contributed by atoms with E-state index < -0.39 is 23.1 Å². The molecule has 2 aliphatic carbocycles. The largest absolute Gasteiger partial charge is 0.351 e. The predicted molar refractivity (Wildman–Crippen MR) is 80.3 cm³/mol. The Hall–Kier alpha value is -2.31. The van der Waals surface area contributed by atoms with Crippen LogP contribution in [0.2, 0.25) is 0 Å². The standard InChI is InChI=1S/C16H15F3N4/c17-10-5-6-11(18)15(14(10)19)22-13-7-12(8-1-2-8)21-16(23-13)20-9-3-4-9/h5-9H,1-4H2,(H2,20,21,22,23). The Bertz CT molecular complexity index is 757. The van der Waals surface area contributed by atoms with Gasteiger partial charge in [-0.3, -0.25) is 0 Å². The van der Waals surface area contributed by atoms with Crippen LogP contribution in [-0.2, 0) is 0 Å². The van der Waals surface area contributed by atoms with Gasteiger partial charge in [-0.1, -0.05) is 0 Å². The molecule has 0 radical (unpaired) electrons. The minimum absolute atomic E-state index is 0.258. The minimum Gasteiger partial charge on any atom is -0.351 e. The molecule has 2 aliphatic rings. The molecule has 1 aromatic carbocycles. The molecule has 4 nitrogen and oxygen atoms in total. The van der Waals surface area contributed by atoms with Gasteiger partial charge >= 0.3 is 0 Å². The van der Waals surface area contributed by atoms with Crippen molar-refractivity contribution in [3.63, 3.8) is 0 Å². The van der Waals surface area contributed by atoms with Gasteiger partial charge in [-0.05, 0) is 37.8 Å². The summed E-state index contributed by atoms with van der Waals surface area (Å²) in [6, 6.07) is 3.66. The van der Waals surface area contributed by atoms with Crippen molar-refractivity contribution < 1.29 is 13.2 Å². The highest BCUT2D eigenvalue weighted by Crippen LogP contribution is 2.40. The van der Waals surface area contributed by atoms with Gasteiger partial charge in [-0.15, -0.1) is 0 Å². The third kappa shape index (κ3) is 3.09. The number of nitrogens with zero attached hydrogens (tertiary/aromatic N) is 2. The molecule has 0 unspecified atom stereocenters. The topological polar surface area (TPSA) is 49.8 Å². The fourth-order valence-electron chi connectivity index (χ4n) is 2.36. The van der Waals surface area contributed by atoms with Gasteiger partial charge in [0.1, 0.15) is 17.3 Å². The second-order valence-electron chi connectivity index (χ2n) is 6.04. The average Bonchev–Trinajstić information content (AvgIpc) is 3.40. The number of hydrogen-bond acceptors (Lipinski definition) is 4. The first-order valence-corrected chi connectivity index (χ1v) is 7.66. The summed E-state index contributed by atoms with van der Waals surface area (Å²) in [5.74, 6) is -2.17. The van der Waals surface area contributed by atoms with Gasteiger partial charge in [-0.25, -0.2) is 18.2 Å². The number of rotatable bonds is 5. The summed E-state index contributed by atoms with van der Waals surface area (Å²) in [6.45, 7) is 0. The average molecular weight is 320 g/mol. The molecule has 1 heterocycles. The maximum Gasteiger partial charge on any atom is 0.225 e. The maximum atomic E-state index is 13.8. The van der Waals surface area contributed by atoms with Crippen molar-refractivity contribution in [1.29, 1.82) is 0 Å². The van der Waals surface area contributed by atoms with Gasteiger partial charge < -0.3 is 10.6 Å². The molecule has 0 saturated heterocycles. The molecule has 7 heteroatoms. The second kappa shape index (κ2) is 5.40. The zero-order valence-corrected chi connectivity index (χ0v) is 12.2. The summed E-state index contributed by atoms with van der Waals surface area (Å²) in [4.78, 5) is 8.70. The van der Waals surface area contributed by atoms with E-state index in [1.54, 1.807) is 6.07 Å². The molecule has 120 valence electrons. The van der Waals surface area contributed by atoms with Gasteiger partial charge in [0.2, 0.25) is 5.95 Å². The van der Waals surface area contributed by atoms with Gasteiger partial charge in [0.05, 0.1) is 5.69 Å². The molecule has 0 bridgehead atoms. The molecule has 0 atom stereocenters. The fourth-order valence-corrected chi connectivity index (χ4v) is 2.36. The third-order valence-corrected chi connectivity index (χ3v) is 3.95. The SMILES string of the molecule is Fc1ccc(F)c(Nc2cc(C3CC3)nc(NC3CC3)n2)c1F. The number of nitrogens with one attached hydrogen (secondary N) is 2. The van der Waals surface area contributed by atoms with Crippen molar-refractivity contribution in [1.82, 2.24) is 9.97 Å². The summed E-state index contributed by atoms with van der Waals surface area (Å²) < 4.78 is 40.9. The monoisotopic (exact) mass is 320 g/mol. The van der Waals surface area contributed by atoms with Crippen LogP contribution in [0.1, 0.15) is 37.3 Å². The first kappa shape index (κ1) is 14.3. The molecular weight excluding hydrogens is 305 g/mol. The van der Waals surface area contributed by atoms with Crippen molar-refractivity contribution in [2.24, 2.45) is 0 Å². The van der Waals surface area contributed by atoms with Crippen LogP contribution in [0.4, 0.5) is 30.6 Å². The molecule has 2 N–H and O–H groups in total. The van der Waals surface area contributed by atoms with Crippen LogP contribution >= 0.6 is 0 Å². The zero-order chi connectivity index (χ0) is 16.0. The summed E-state index contributed by atoms with van der Waals surface area (Å²) in [6.07, 6.45) is 4.21. The molecule has 2 fully saturated rings. The van der Waals surface area contributed by atoms with Crippen molar-refractivity contribution >= 4 is 17.5 Å². The van der Waals surface area contributed by atoms with Crippen molar-refractivity contribution in [2.75, 3.05) is 10.6 Å². The van der Waals surface area contributed by atoms with Crippen LogP contribution in [0.3, 0.4) is 0 Å². The smallest absolute Gasteiger partial charge is 0.225 e. The molecule has 0 aliphatic heterocycles. The molecule has 4 rings (SSSR count). The third-order valence-electron chi connectivity index (χ3n) is 3.95. The van der Waals surface area contributed by atoms with Crippen LogP contribution in [0.5, 0.6) is 0 Å². The number of anilines is 3. The Balaban J connectivity index is 1.67. The number of benzene rings is 1. The Labute approximate surface area is 131 Å². The van der Waals surface area contributed by atoms with Gasteiger partial charge in [-0.2, -0.15) is 4.98 Å². The molecule has 0 spiro atoms. The minimum atomic E-state index is -1.26. The first-order chi connectivity index (χ1) is 11.1. The van der Waals surface area contributed by atoms with Gasteiger partial charge in [0.25, 0.3) is 0 Å². The van der Waals surface area contributed by atoms with E-state index in [0.29, 0.717) is 17.9 Å². The molecular formula is C16H15F3N4. The van der Waals surface area contributed by atoms with Crippen LogP contribution in [0, 0.1) is 17.5 Å². The van der Waals surface area contributed by atoms with Crippen LogP contribution < -0.4 is 10.6 Å². The van der Waals surface area contributed by atoms with E-state index in [0.717, 1.165) is 43.5 Å². The number of aromatic nitrogens is 2. The lowest BCUT2D eigenvalue weighted by molar-refractivity contribution is 0.499. The van der Waals surface area contributed by atoms with Gasteiger partial charge in [0, 0.05) is 18.0 Å². The first-order valence-electron chi connectivity index (χ1n) is 7.66. The molecule has 2 saturated carbocycles. The van der Waals surface area contributed by atoms with Crippen LogP contribution in [0.15, 0.2) is 18.2 Å². The van der Waals surface area contributed by atoms with E-state index in [9.17, 15) is 13.2 Å². The highest BCUT2D eigenvalue weighted by atomic mass is 19.2. The van der Waals surface area contributed by atoms with Gasteiger partial charge in [0.15, 0.2) is 11.6 Å². The number of halogens is 3. The summed E-state index contributed by atoms with van der Waals surface area (Å²) in [5.41, 5.74) is 0.297. The summed E-state index contributed by atoms with van der Waals surface area (Å²) in [5, 5.41) is 5.74. The van der Waals surface area contributed by atoms with E-state index in [1.165, 1.54) is 0 Å². The normalized spacial score (nSPS) is 17.2. The predicted octanol–water partition coefficient (Wildman–Crippen LogP) is 4.09. The summed E-state index contributed by atoms with van der Waals surface area (Å²) >= 11 is 0. The van der Waals surface area contributed by atoms with E-state index in [-0.39, 0.29) is 5.82 Å². The molecule has 0 amide bonds. The molecule has 1 aromatic heterocycles. The summed E-state index contributed by atoms with van der Waals surface area (Å²) in [7, 11) is 0. The van der Waals surface area contributed by atoms with E-state index >= 15 is 0 Å². The Kier molecular flexibility index (Phi) is 3.36. The number of hydrogen-bond donors (Lipinski definition) is 2. The van der Waals surface area contributed by atoms with E-state index in [2.05, 4.69) is 20.6 Å². The van der Waals surface area contributed by atoms with E-state index in [1.807, 2.05) is 0 Å². The van der Waals surface area contributed by atoms with E-state index in [4.69, 9.17) is 0 Å². The quantitative estimate of drug-likeness (QED) is 0.815. The molecule has 2 aromatic rings. The fraction of sp³-hybridized carbons (Fsp3) is 0.375. The molecule has 23 heavy (non-hydrogen) atoms. The maximum absolute atomic E-state index is 13.8. The van der Waals surface area contributed by atoms with Crippen molar-refractivity contribution in [3.05, 3.63) is 41.3 Å². The lowest BCUT2D eigenvalue weighted by atomic mass is 10.2. The zero-order valence-electron chi connectivity index (χ0n) is 12.2. The second-order valence-corrected chi connectivity index (χ2v) is 6.04. The Morgan fingerprint density at radius 3 is 2.39 bits per heavy atom. The Morgan fingerprint density at radius 1 is 0.957 bits per heavy atom. The highest BCUT2D eigenvalue weighted by Gasteiger charge is 2.28. The van der Waals surface area contributed by atoms with Crippen molar-refractivity contribution in [3.8, 4) is 0 Å². The lowest BCUT2D eigenvalue weighted by Gasteiger charge is -2.12.